The number of hydrogen-bond donors (Lipinski definition) is 1. The quantitative estimate of drug-likeness (QED) is 0.421. The van der Waals surface area contributed by atoms with Crippen LogP contribution in [0.3, 0.4) is 0 Å². The number of para-hydroxylation sites is 1. The van der Waals surface area contributed by atoms with Crippen molar-refractivity contribution in [2.75, 3.05) is 50.1 Å². The molecule has 2 aromatic carbocycles. The van der Waals surface area contributed by atoms with Crippen molar-refractivity contribution in [3.63, 3.8) is 0 Å². The predicted molar refractivity (Wildman–Crippen MR) is 152 cm³/mol. The van der Waals surface area contributed by atoms with E-state index in [1.807, 2.05) is 29.2 Å². The fraction of sp³-hybridized carbons (Fsp3) is 0.357. The number of carbonyl (C=O) groups excluding carboxylic acids is 3. The smallest absolute Gasteiger partial charge is 0.254 e. The number of nitrogens with zero attached hydrogens (tertiary/aromatic N) is 4. The molecule has 0 radical (unpaired) electrons. The normalized spacial score (nSPS) is 15.1. The summed E-state index contributed by atoms with van der Waals surface area (Å²) in [5.41, 5.74) is 2.11. The van der Waals surface area contributed by atoms with E-state index in [1.165, 1.54) is 11.3 Å². The molecule has 1 aliphatic heterocycles. The van der Waals surface area contributed by atoms with Crippen LogP contribution in [0.2, 0.25) is 5.02 Å². The van der Waals surface area contributed by atoms with Crippen molar-refractivity contribution in [3.05, 3.63) is 70.2 Å². The number of thiazole rings is 1. The zero-order valence-corrected chi connectivity index (χ0v) is 23.2. The number of methoxy groups -OCH3 is 1. The van der Waals surface area contributed by atoms with E-state index in [1.54, 1.807) is 41.7 Å². The van der Waals surface area contributed by atoms with Crippen molar-refractivity contribution < 1.29 is 19.1 Å². The Bertz CT molecular complexity index is 1340. The molecule has 0 unspecified atom stereocenters. The average molecular weight is 568 g/mol. The van der Waals surface area contributed by atoms with Gasteiger partial charge in [-0.25, -0.2) is 4.98 Å². The highest BCUT2D eigenvalue weighted by Crippen LogP contribution is 2.29. The second-order valence-electron chi connectivity index (χ2n) is 9.58. The van der Waals surface area contributed by atoms with Crippen LogP contribution in [0.15, 0.2) is 53.9 Å². The van der Waals surface area contributed by atoms with Gasteiger partial charge < -0.3 is 24.8 Å². The van der Waals surface area contributed by atoms with Crippen LogP contribution in [0.25, 0.3) is 0 Å². The molecule has 9 nitrogen and oxygen atoms in total. The third-order valence-electron chi connectivity index (χ3n) is 6.86. The van der Waals surface area contributed by atoms with E-state index in [0.29, 0.717) is 53.3 Å². The van der Waals surface area contributed by atoms with E-state index < -0.39 is 0 Å². The predicted octanol–water partition coefficient (Wildman–Crippen LogP) is 3.94. The van der Waals surface area contributed by atoms with Crippen molar-refractivity contribution in [1.82, 2.24) is 14.8 Å². The fourth-order valence-electron chi connectivity index (χ4n) is 4.58. The number of halogens is 1. The summed E-state index contributed by atoms with van der Waals surface area (Å²) < 4.78 is 5.16. The van der Waals surface area contributed by atoms with Crippen LogP contribution in [0, 0.1) is 0 Å². The number of piperazine rings is 1. The Balaban J connectivity index is 1.12. The van der Waals surface area contributed by atoms with Crippen molar-refractivity contribution in [2.45, 2.75) is 25.3 Å². The van der Waals surface area contributed by atoms with Crippen LogP contribution in [-0.4, -0.2) is 78.4 Å². The highest BCUT2D eigenvalue weighted by molar-refractivity contribution is 7.13. The number of anilines is 2. The lowest BCUT2D eigenvalue weighted by molar-refractivity contribution is -0.130. The summed E-state index contributed by atoms with van der Waals surface area (Å²) in [5, 5.41) is 5.70. The van der Waals surface area contributed by atoms with Crippen LogP contribution in [0.5, 0.6) is 5.75 Å². The first-order chi connectivity index (χ1) is 18.9. The molecule has 3 aromatic rings. The van der Waals surface area contributed by atoms with Crippen molar-refractivity contribution in [2.24, 2.45) is 0 Å². The number of aromatic nitrogens is 1. The van der Waals surface area contributed by atoms with E-state index in [2.05, 4.69) is 15.2 Å². The number of benzene rings is 2. The first kappa shape index (κ1) is 27.0. The van der Waals surface area contributed by atoms with Crippen molar-refractivity contribution >= 4 is 51.5 Å². The monoisotopic (exact) mass is 567 g/mol. The van der Waals surface area contributed by atoms with Gasteiger partial charge in [-0.1, -0.05) is 23.7 Å². The molecule has 2 fully saturated rings. The molecule has 204 valence electrons. The number of carbonyl (C=O) groups is 3. The molecule has 2 heterocycles. The van der Waals surface area contributed by atoms with Crippen molar-refractivity contribution in [3.8, 4) is 5.75 Å². The molecule has 39 heavy (non-hydrogen) atoms. The highest BCUT2D eigenvalue weighted by atomic mass is 35.5. The summed E-state index contributed by atoms with van der Waals surface area (Å²) >= 11 is 7.59. The van der Waals surface area contributed by atoms with Gasteiger partial charge in [0.05, 0.1) is 29.9 Å². The van der Waals surface area contributed by atoms with E-state index in [0.717, 1.165) is 18.5 Å². The summed E-state index contributed by atoms with van der Waals surface area (Å²) in [6, 6.07) is 14.7. The minimum absolute atomic E-state index is 0.00184. The SMILES string of the molecule is COc1ccc(C(=O)N(CC(=O)Nc2nc(CC(=O)N3CCN(c4ccccc4Cl)CC3)cs2)C2CC2)cc1. The third kappa shape index (κ3) is 6.69. The molecule has 0 spiro atoms. The van der Waals surface area contributed by atoms with Crippen LogP contribution in [0.4, 0.5) is 10.8 Å². The number of hydrogen-bond acceptors (Lipinski definition) is 7. The van der Waals surface area contributed by atoms with Gasteiger partial charge in [0.1, 0.15) is 12.3 Å². The largest absolute Gasteiger partial charge is 0.497 e. The standard InChI is InChI=1S/C28H30ClN5O4S/c1-38-22-10-6-19(7-11-22)27(37)34(21-8-9-21)17-25(35)31-28-30-20(18-39-28)16-26(36)33-14-12-32(13-15-33)24-5-3-2-4-23(24)29/h2-7,10-11,18,21H,8-9,12-17H2,1H3,(H,30,31,35). The summed E-state index contributed by atoms with van der Waals surface area (Å²) in [4.78, 5) is 48.8. The van der Waals surface area contributed by atoms with Gasteiger partial charge in [-0.05, 0) is 49.2 Å². The van der Waals surface area contributed by atoms with Gasteiger partial charge in [0.2, 0.25) is 11.8 Å². The fourth-order valence-corrected chi connectivity index (χ4v) is 5.56. The van der Waals surface area contributed by atoms with Gasteiger partial charge >= 0.3 is 0 Å². The Morgan fingerprint density at radius 1 is 1.08 bits per heavy atom. The van der Waals surface area contributed by atoms with Gasteiger partial charge in [0, 0.05) is 43.2 Å². The molecule has 0 atom stereocenters. The Morgan fingerprint density at radius 2 is 1.79 bits per heavy atom. The Kier molecular flexibility index (Phi) is 8.33. The minimum atomic E-state index is -0.313. The van der Waals surface area contributed by atoms with Gasteiger partial charge in [0.25, 0.3) is 5.91 Å². The third-order valence-corrected chi connectivity index (χ3v) is 7.98. The van der Waals surface area contributed by atoms with E-state index in [4.69, 9.17) is 16.3 Å². The van der Waals surface area contributed by atoms with E-state index >= 15 is 0 Å². The topological polar surface area (TPSA) is 95.1 Å². The number of ether oxygens (including phenoxy) is 1. The average Bonchev–Trinajstić information content (AvgIpc) is 3.71. The van der Waals surface area contributed by atoms with E-state index in [-0.39, 0.29) is 36.7 Å². The highest BCUT2D eigenvalue weighted by Gasteiger charge is 2.34. The Morgan fingerprint density at radius 3 is 2.46 bits per heavy atom. The van der Waals surface area contributed by atoms with Crippen LogP contribution >= 0.6 is 22.9 Å². The van der Waals surface area contributed by atoms with Gasteiger partial charge in [0.15, 0.2) is 5.13 Å². The lowest BCUT2D eigenvalue weighted by atomic mass is 10.2. The second kappa shape index (κ2) is 12.0. The molecule has 3 amide bonds. The maximum absolute atomic E-state index is 13.0. The molecule has 1 N–H and O–H groups in total. The molecule has 1 saturated heterocycles. The first-order valence-electron chi connectivity index (χ1n) is 12.9. The molecule has 1 aromatic heterocycles. The van der Waals surface area contributed by atoms with Crippen molar-refractivity contribution in [1.29, 1.82) is 0 Å². The summed E-state index contributed by atoms with van der Waals surface area (Å²) in [6.07, 6.45) is 1.93. The number of rotatable bonds is 9. The molecule has 1 saturated carbocycles. The number of amides is 3. The lowest BCUT2D eigenvalue weighted by Gasteiger charge is -2.36. The minimum Gasteiger partial charge on any atom is -0.497 e. The van der Waals surface area contributed by atoms with Gasteiger partial charge in [-0.2, -0.15) is 0 Å². The van der Waals surface area contributed by atoms with Crippen LogP contribution < -0.4 is 15.0 Å². The molecule has 1 aliphatic carbocycles. The first-order valence-corrected chi connectivity index (χ1v) is 14.1. The maximum Gasteiger partial charge on any atom is 0.254 e. The molecule has 11 heteroatoms. The second-order valence-corrected chi connectivity index (χ2v) is 10.8. The Hall–Kier alpha value is -3.63. The van der Waals surface area contributed by atoms with Gasteiger partial charge in [-0.3, -0.25) is 14.4 Å². The lowest BCUT2D eigenvalue weighted by Crippen LogP contribution is -2.49. The summed E-state index contributed by atoms with van der Waals surface area (Å²) in [5.74, 6) is 0.170. The molecular weight excluding hydrogens is 538 g/mol. The Labute approximate surface area is 236 Å². The zero-order valence-electron chi connectivity index (χ0n) is 21.6. The molecule has 0 bridgehead atoms. The molecular formula is C28H30ClN5O4S. The van der Waals surface area contributed by atoms with Crippen LogP contribution in [0.1, 0.15) is 28.9 Å². The summed E-state index contributed by atoms with van der Waals surface area (Å²) in [6.45, 7) is 2.58. The van der Waals surface area contributed by atoms with Crippen LogP contribution in [-0.2, 0) is 16.0 Å². The molecule has 2 aliphatic rings. The summed E-state index contributed by atoms with van der Waals surface area (Å²) in [7, 11) is 1.57. The molecule has 5 rings (SSSR count). The van der Waals surface area contributed by atoms with Gasteiger partial charge in [-0.15, -0.1) is 11.3 Å². The maximum atomic E-state index is 13.0. The zero-order chi connectivity index (χ0) is 27.4. The van der Waals surface area contributed by atoms with E-state index in [9.17, 15) is 14.4 Å². The number of nitrogens with one attached hydrogen (secondary N) is 1.